The number of anilines is 1. The van der Waals surface area contributed by atoms with Gasteiger partial charge in [0, 0.05) is 27.7 Å². The number of nitrogens with one attached hydrogen (secondary N) is 1. The molecule has 3 rings (SSSR count). The van der Waals surface area contributed by atoms with E-state index in [2.05, 4.69) is 5.32 Å². The molecule has 0 fully saturated rings. The number of carbonyl (C=O) groups excluding carboxylic acids is 2. The molecule has 2 atom stereocenters. The summed E-state index contributed by atoms with van der Waals surface area (Å²) in [6, 6.07) is 7.55. The molecule has 0 bridgehead atoms. The van der Waals surface area contributed by atoms with Gasteiger partial charge in [0.15, 0.2) is 0 Å². The highest BCUT2D eigenvalue weighted by Gasteiger charge is 2.60. The minimum absolute atomic E-state index is 0.0112. The van der Waals surface area contributed by atoms with E-state index in [0.717, 1.165) is 12.1 Å². The molecule has 148 valence electrons. The average molecular weight is 432 g/mol. The summed E-state index contributed by atoms with van der Waals surface area (Å²) in [6.07, 6.45) is -5.25. The van der Waals surface area contributed by atoms with E-state index in [1.54, 1.807) is 0 Å². The smallest absolute Gasteiger partial charge is 0.370 e. The fourth-order valence-electron chi connectivity index (χ4n) is 3.56. The summed E-state index contributed by atoms with van der Waals surface area (Å²) in [6.45, 7) is 0. The third kappa shape index (κ3) is 3.49. The Morgan fingerprint density at radius 2 is 1.68 bits per heavy atom. The van der Waals surface area contributed by atoms with Crippen LogP contribution in [0.2, 0.25) is 10.0 Å². The molecule has 1 heterocycles. The van der Waals surface area contributed by atoms with E-state index in [0.29, 0.717) is 5.56 Å². The van der Waals surface area contributed by atoms with Crippen LogP contribution in [0, 0.1) is 0 Å². The highest BCUT2D eigenvalue weighted by Crippen LogP contribution is 2.50. The largest absolute Gasteiger partial charge is 0.398 e. The van der Waals surface area contributed by atoms with E-state index in [1.165, 1.54) is 24.3 Å². The lowest BCUT2D eigenvalue weighted by Gasteiger charge is -2.37. The van der Waals surface area contributed by atoms with Crippen LogP contribution in [0.4, 0.5) is 18.9 Å². The van der Waals surface area contributed by atoms with Crippen molar-refractivity contribution in [2.45, 2.75) is 24.1 Å². The van der Waals surface area contributed by atoms with Gasteiger partial charge in [-0.05, 0) is 47.5 Å². The van der Waals surface area contributed by atoms with Gasteiger partial charge in [0.25, 0.3) is 0 Å². The topological polar surface area (TPSA) is 98.2 Å². The van der Waals surface area contributed by atoms with Crippen LogP contribution < -0.4 is 16.8 Å². The standard InChI is InChI=1S/C18H14Cl2F3N3O2/c19-11-4-9(5-12(20)6-11)14(18(21,22)23)17(16(25)28)7-10-3-8(15(24)27)1-2-13(10)26-17/h1-6,14,26H,7H2,(H2,24,27)(H2,25,28). The fourth-order valence-corrected chi connectivity index (χ4v) is 4.10. The number of primary amides is 2. The van der Waals surface area contributed by atoms with Gasteiger partial charge in [-0.3, -0.25) is 9.59 Å². The minimum Gasteiger partial charge on any atom is -0.370 e. The second-order valence-electron chi connectivity index (χ2n) is 6.55. The Labute approximate surface area is 167 Å². The molecule has 0 aromatic heterocycles. The van der Waals surface area contributed by atoms with Gasteiger partial charge in [0.05, 0.1) is 0 Å². The van der Waals surface area contributed by atoms with E-state index >= 15 is 0 Å². The molecule has 2 unspecified atom stereocenters. The summed E-state index contributed by atoms with van der Waals surface area (Å²) in [4.78, 5) is 23.7. The van der Waals surface area contributed by atoms with Crippen LogP contribution in [-0.2, 0) is 11.2 Å². The number of carbonyl (C=O) groups is 2. The first-order chi connectivity index (χ1) is 12.9. The van der Waals surface area contributed by atoms with E-state index in [1.807, 2.05) is 0 Å². The second-order valence-corrected chi connectivity index (χ2v) is 7.42. The maximum atomic E-state index is 14.1. The van der Waals surface area contributed by atoms with Crippen molar-refractivity contribution in [2.75, 3.05) is 5.32 Å². The molecule has 5 nitrogen and oxygen atoms in total. The van der Waals surface area contributed by atoms with Gasteiger partial charge >= 0.3 is 6.18 Å². The zero-order valence-corrected chi connectivity index (χ0v) is 15.6. The van der Waals surface area contributed by atoms with Crippen LogP contribution in [0.3, 0.4) is 0 Å². The van der Waals surface area contributed by atoms with Crippen LogP contribution >= 0.6 is 23.2 Å². The lowest BCUT2D eigenvalue weighted by molar-refractivity contribution is -0.168. The number of halogens is 5. The Balaban J connectivity index is 2.18. The normalized spacial score (nSPS) is 19.6. The van der Waals surface area contributed by atoms with Crippen molar-refractivity contribution < 1.29 is 22.8 Å². The zero-order chi connectivity index (χ0) is 20.9. The molecule has 2 aromatic rings. The molecule has 0 saturated carbocycles. The highest BCUT2D eigenvalue weighted by molar-refractivity contribution is 6.34. The van der Waals surface area contributed by atoms with E-state index in [9.17, 15) is 22.8 Å². The van der Waals surface area contributed by atoms with Crippen molar-refractivity contribution in [3.63, 3.8) is 0 Å². The summed E-state index contributed by atoms with van der Waals surface area (Å²) < 4.78 is 42.4. The van der Waals surface area contributed by atoms with Gasteiger partial charge in [-0.2, -0.15) is 13.2 Å². The molecular formula is C18H14Cl2F3N3O2. The summed E-state index contributed by atoms with van der Waals surface area (Å²) in [7, 11) is 0. The van der Waals surface area contributed by atoms with Crippen LogP contribution in [0.15, 0.2) is 36.4 Å². The van der Waals surface area contributed by atoms with Crippen molar-refractivity contribution >= 4 is 40.7 Å². The highest BCUT2D eigenvalue weighted by atomic mass is 35.5. The number of hydrogen-bond acceptors (Lipinski definition) is 3. The predicted molar refractivity (Wildman–Crippen MR) is 99.5 cm³/mol. The van der Waals surface area contributed by atoms with Crippen molar-refractivity contribution in [3.05, 3.63) is 63.1 Å². The van der Waals surface area contributed by atoms with Crippen LogP contribution in [-0.4, -0.2) is 23.5 Å². The van der Waals surface area contributed by atoms with Crippen molar-refractivity contribution in [3.8, 4) is 0 Å². The molecule has 28 heavy (non-hydrogen) atoms. The Hall–Kier alpha value is -2.45. The van der Waals surface area contributed by atoms with Gasteiger partial charge in [-0.25, -0.2) is 0 Å². The fraction of sp³-hybridized carbons (Fsp3) is 0.222. The summed E-state index contributed by atoms with van der Waals surface area (Å²) in [5, 5.41) is 2.60. The van der Waals surface area contributed by atoms with Crippen molar-refractivity contribution in [2.24, 2.45) is 11.5 Å². The molecule has 1 aliphatic heterocycles. The van der Waals surface area contributed by atoms with Gasteiger partial charge in [0.1, 0.15) is 11.5 Å². The number of benzene rings is 2. The Morgan fingerprint density at radius 3 is 2.18 bits per heavy atom. The zero-order valence-electron chi connectivity index (χ0n) is 14.1. The summed E-state index contributed by atoms with van der Waals surface area (Å²) >= 11 is 11.8. The van der Waals surface area contributed by atoms with Gasteiger partial charge in [-0.1, -0.05) is 23.2 Å². The number of alkyl halides is 3. The monoisotopic (exact) mass is 431 g/mol. The SMILES string of the molecule is NC(=O)c1ccc2c(c1)CC(C(N)=O)(C(c1cc(Cl)cc(Cl)c1)C(F)(F)F)N2. The maximum Gasteiger partial charge on any atom is 0.398 e. The maximum absolute atomic E-state index is 14.1. The predicted octanol–water partition coefficient (Wildman–Crippen LogP) is 3.63. The lowest BCUT2D eigenvalue weighted by atomic mass is 9.76. The van der Waals surface area contributed by atoms with Crippen molar-refractivity contribution in [1.29, 1.82) is 0 Å². The minimum atomic E-state index is -4.86. The van der Waals surface area contributed by atoms with Gasteiger partial charge in [0.2, 0.25) is 11.8 Å². The lowest BCUT2D eigenvalue weighted by Crippen LogP contribution is -2.57. The van der Waals surface area contributed by atoms with Crippen molar-refractivity contribution in [1.82, 2.24) is 0 Å². The first-order valence-electron chi connectivity index (χ1n) is 7.97. The molecule has 1 aliphatic rings. The molecule has 2 amide bonds. The second kappa shape index (κ2) is 6.86. The Kier molecular flexibility index (Phi) is 4.97. The molecule has 10 heteroatoms. The van der Waals surface area contributed by atoms with Crippen LogP contribution in [0.1, 0.15) is 27.4 Å². The third-order valence-electron chi connectivity index (χ3n) is 4.69. The number of hydrogen-bond donors (Lipinski definition) is 3. The molecule has 0 saturated heterocycles. The molecule has 0 aliphatic carbocycles. The first kappa shape index (κ1) is 20.3. The van der Waals surface area contributed by atoms with E-state index < -0.39 is 35.9 Å². The van der Waals surface area contributed by atoms with E-state index in [4.69, 9.17) is 34.7 Å². The number of nitrogens with two attached hydrogens (primary N) is 2. The molecular weight excluding hydrogens is 418 g/mol. The molecule has 2 aromatic carbocycles. The number of rotatable bonds is 4. The Bertz CT molecular complexity index is 961. The van der Waals surface area contributed by atoms with Gasteiger partial charge < -0.3 is 16.8 Å². The van der Waals surface area contributed by atoms with Gasteiger partial charge in [-0.15, -0.1) is 0 Å². The molecule has 0 radical (unpaired) electrons. The number of fused-ring (bicyclic) bond motifs is 1. The van der Waals surface area contributed by atoms with Crippen LogP contribution in [0.25, 0.3) is 0 Å². The average Bonchev–Trinajstić information content (AvgIpc) is 2.91. The third-order valence-corrected chi connectivity index (χ3v) is 5.13. The molecule has 0 spiro atoms. The first-order valence-corrected chi connectivity index (χ1v) is 8.73. The number of amides is 2. The van der Waals surface area contributed by atoms with E-state index in [-0.39, 0.29) is 26.9 Å². The quantitative estimate of drug-likeness (QED) is 0.688. The molecule has 5 N–H and O–H groups in total. The Morgan fingerprint density at radius 1 is 1.07 bits per heavy atom. The van der Waals surface area contributed by atoms with Crippen LogP contribution in [0.5, 0.6) is 0 Å². The summed E-state index contributed by atoms with van der Waals surface area (Å²) in [5.41, 5.74) is 8.83. The summed E-state index contributed by atoms with van der Waals surface area (Å²) in [5.74, 6) is -4.28.